The summed E-state index contributed by atoms with van der Waals surface area (Å²) in [5, 5.41) is 0. The number of rotatable bonds is 9. The number of alkyl halides is 1. The van der Waals surface area contributed by atoms with Crippen LogP contribution in [0.3, 0.4) is 0 Å². The van der Waals surface area contributed by atoms with Gasteiger partial charge in [-0.15, -0.1) is 11.6 Å². The Bertz CT molecular complexity index is 282. The predicted octanol–water partition coefficient (Wildman–Crippen LogP) is 1.51. The van der Waals surface area contributed by atoms with Crippen molar-refractivity contribution in [2.24, 2.45) is 5.92 Å². The highest BCUT2D eigenvalue weighted by atomic mass is 35.5. The molecule has 0 aliphatic heterocycles. The molecule has 0 amide bonds. The molecule has 0 aromatic carbocycles. The lowest BCUT2D eigenvalue weighted by atomic mass is 10.0. The number of hydrogen-bond donors (Lipinski definition) is 1. The van der Waals surface area contributed by atoms with Crippen LogP contribution in [0.1, 0.15) is 26.7 Å². The van der Waals surface area contributed by atoms with Crippen LogP contribution in [0, 0.1) is 5.92 Å². The zero-order valence-corrected chi connectivity index (χ0v) is 12.8. The van der Waals surface area contributed by atoms with Crippen molar-refractivity contribution in [3.05, 3.63) is 0 Å². The van der Waals surface area contributed by atoms with Gasteiger partial charge in [-0.3, -0.25) is 0 Å². The summed E-state index contributed by atoms with van der Waals surface area (Å²) < 4.78 is 26.3. The molecule has 1 unspecified atom stereocenters. The molecule has 0 saturated carbocycles. The van der Waals surface area contributed by atoms with E-state index in [1.165, 1.54) is 0 Å². The van der Waals surface area contributed by atoms with Crippen LogP contribution < -0.4 is 4.72 Å². The zero-order chi connectivity index (χ0) is 13.5. The van der Waals surface area contributed by atoms with E-state index in [9.17, 15) is 8.42 Å². The lowest BCUT2D eigenvalue weighted by molar-refractivity contribution is 0.329. The molecule has 1 atom stereocenters. The van der Waals surface area contributed by atoms with E-state index >= 15 is 0 Å². The molecule has 104 valence electrons. The summed E-state index contributed by atoms with van der Waals surface area (Å²) in [4.78, 5) is 2.00. The van der Waals surface area contributed by atoms with Gasteiger partial charge in [0, 0.05) is 18.5 Å². The lowest BCUT2D eigenvalue weighted by Gasteiger charge is -2.23. The number of likely N-dealkylation sites (N-methyl/N-ethyl adjacent to an activating group) is 1. The first kappa shape index (κ1) is 17.2. The van der Waals surface area contributed by atoms with Crippen molar-refractivity contribution in [2.45, 2.75) is 32.7 Å². The standard InChI is InChI=1S/C11H25ClN2O2S/c1-10(2)8-11(9-14(3)4)13-17(15,16)7-5-6-12/h10-11,13H,5-9H2,1-4H3. The number of hydrogen-bond acceptors (Lipinski definition) is 3. The topological polar surface area (TPSA) is 49.4 Å². The molecule has 0 saturated heterocycles. The highest BCUT2D eigenvalue weighted by molar-refractivity contribution is 7.89. The zero-order valence-electron chi connectivity index (χ0n) is 11.2. The molecule has 1 N–H and O–H groups in total. The van der Waals surface area contributed by atoms with Gasteiger partial charge >= 0.3 is 0 Å². The summed E-state index contributed by atoms with van der Waals surface area (Å²) in [6.07, 6.45) is 1.34. The van der Waals surface area contributed by atoms with E-state index in [4.69, 9.17) is 11.6 Å². The van der Waals surface area contributed by atoms with Crippen molar-refractivity contribution in [3.63, 3.8) is 0 Å². The summed E-state index contributed by atoms with van der Waals surface area (Å²) in [7, 11) is 0.694. The van der Waals surface area contributed by atoms with E-state index < -0.39 is 10.0 Å². The fourth-order valence-electron chi connectivity index (χ4n) is 1.73. The molecule has 6 heteroatoms. The van der Waals surface area contributed by atoms with Crippen LogP contribution in [-0.2, 0) is 10.0 Å². The smallest absolute Gasteiger partial charge is 0.211 e. The Morgan fingerprint density at radius 2 is 1.88 bits per heavy atom. The van der Waals surface area contributed by atoms with Crippen LogP contribution in [0.2, 0.25) is 0 Å². The van der Waals surface area contributed by atoms with Crippen molar-refractivity contribution in [1.82, 2.24) is 9.62 Å². The average Bonchev–Trinajstić information content (AvgIpc) is 2.11. The van der Waals surface area contributed by atoms with Crippen molar-refractivity contribution >= 4 is 21.6 Å². The Balaban J connectivity index is 4.40. The van der Waals surface area contributed by atoms with E-state index in [0.29, 0.717) is 18.2 Å². The summed E-state index contributed by atoms with van der Waals surface area (Å²) in [6.45, 7) is 4.91. The second-order valence-electron chi connectivity index (χ2n) is 5.07. The lowest BCUT2D eigenvalue weighted by Crippen LogP contribution is -2.43. The second-order valence-corrected chi connectivity index (χ2v) is 7.32. The summed E-state index contributed by atoms with van der Waals surface area (Å²) in [5.74, 6) is 0.956. The molecule has 17 heavy (non-hydrogen) atoms. The van der Waals surface area contributed by atoms with Gasteiger partial charge in [-0.25, -0.2) is 13.1 Å². The minimum atomic E-state index is -3.20. The molecule has 0 spiro atoms. The maximum atomic E-state index is 11.8. The van der Waals surface area contributed by atoms with Gasteiger partial charge in [-0.05, 0) is 32.9 Å². The van der Waals surface area contributed by atoms with Crippen molar-refractivity contribution in [3.8, 4) is 0 Å². The Morgan fingerprint density at radius 1 is 1.29 bits per heavy atom. The second kappa shape index (κ2) is 8.29. The maximum absolute atomic E-state index is 11.8. The molecule has 0 radical (unpaired) electrons. The molecule has 0 fully saturated rings. The molecule has 0 rings (SSSR count). The Kier molecular flexibility index (Phi) is 8.37. The van der Waals surface area contributed by atoms with Crippen LogP contribution in [-0.4, -0.2) is 51.6 Å². The van der Waals surface area contributed by atoms with Gasteiger partial charge in [0.1, 0.15) is 0 Å². The third-order valence-corrected chi connectivity index (χ3v) is 4.02. The molecular formula is C11H25ClN2O2S. The number of halogens is 1. The van der Waals surface area contributed by atoms with Crippen molar-refractivity contribution < 1.29 is 8.42 Å². The van der Waals surface area contributed by atoms with Gasteiger partial charge < -0.3 is 4.90 Å². The largest absolute Gasteiger partial charge is 0.308 e. The van der Waals surface area contributed by atoms with E-state index in [-0.39, 0.29) is 11.8 Å². The predicted molar refractivity (Wildman–Crippen MR) is 74.1 cm³/mol. The first-order valence-electron chi connectivity index (χ1n) is 5.97. The molecule has 0 aromatic rings. The van der Waals surface area contributed by atoms with Gasteiger partial charge in [0.25, 0.3) is 0 Å². The molecule has 0 heterocycles. The fourth-order valence-corrected chi connectivity index (χ4v) is 3.34. The normalized spacial score (nSPS) is 14.5. The maximum Gasteiger partial charge on any atom is 0.211 e. The minimum Gasteiger partial charge on any atom is -0.308 e. The van der Waals surface area contributed by atoms with Crippen molar-refractivity contribution in [1.29, 1.82) is 0 Å². The number of sulfonamides is 1. The van der Waals surface area contributed by atoms with Gasteiger partial charge in [0.2, 0.25) is 10.0 Å². The molecule has 0 aromatic heterocycles. The number of nitrogens with one attached hydrogen (secondary N) is 1. The van der Waals surface area contributed by atoms with Gasteiger partial charge in [0.05, 0.1) is 5.75 Å². The van der Waals surface area contributed by atoms with Crippen LogP contribution >= 0.6 is 11.6 Å². The van der Waals surface area contributed by atoms with Gasteiger partial charge in [0.15, 0.2) is 0 Å². The minimum absolute atomic E-state index is 0.0228. The van der Waals surface area contributed by atoms with E-state index in [1.54, 1.807) is 0 Å². The SMILES string of the molecule is CC(C)CC(CN(C)C)NS(=O)(=O)CCCCl. The monoisotopic (exact) mass is 284 g/mol. The van der Waals surface area contributed by atoms with Crippen LogP contribution in [0.25, 0.3) is 0 Å². The summed E-state index contributed by atoms with van der Waals surface area (Å²) in [6, 6.07) is -0.0228. The molecular weight excluding hydrogens is 260 g/mol. The highest BCUT2D eigenvalue weighted by Crippen LogP contribution is 2.07. The fraction of sp³-hybridized carbons (Fsp3) is 1.00. The molecule has 0 aliphatic rings. The molecule has 0 bridgehead atoms. The number of nitrogens with zero attached hydrogens (tertiary/aromatic N) is 1. The van der Waals surface area contributed by atoms with E-state index in [1.807, 2.05) is 19.0 Å². The highest BCUT2D eigenvalue weighted by Gasteiger charge is 2.19. The van der Waals surface area contributed by atoms with Gasteiger partial charge in [-0.2, -0.15) is 0 Å². The van der Waals surface area contributed by atoms with Crippen molar-refractivity contribution in [2.75, 3.05) is 32.3 Å². The van der Waals surface area contributed by atoms with Crippen LogP contribution in [0.4, 0.5) is 0 Å². The first-order chi connectivity index (χ1) is 7.76. The Morgan fingerprint density at radius 3 is 2.29 bits per heavy atom. The first-order valence-corrected chi connectivity index (χ1v) is 8.16. The van der Waals surface area contributed by atoms with Crippen LogP contribution in [0.5, 0.6) is 0 Å². The quantitative estimate of drug-likeness (QED) is 0.653. The van der Waals surface area contributed by atoms with Gasteiger partial charge in [-0.1, -0.05) is 13.8 Å². The summed E-state index contributed by atoms with van der Waals surface area (Å²) >= 11 is 5.51. The average molecular weight is 285 g/mol. The Hall–Kier alpha value is 0.160. The summed E-state index contributed by atoms with van der Waals surface area (Å²) in [5.41, 5.74) is 0. The third-order valence-electron chi connectivity index (χ3n) is 2.23. The Labute approximate surface area is 111 Å². The van der Waals surface area contributed by atoms with E-state index in [2.05, 4.69) is 18.6 Å². The molecule has 0 aliphatic carbocycles. The van der Waals surface area contributed by atoms with E-state index in [0.717, 1.165) is 13.0 Å². The molecule has 4 nitrogen and oxygen atoms in total. The third kappa shape index (κ3) is 9.83. The van der Waals surface area contributed by atoms with Crippen LogP contribution in [0.15, 0.2) is 0 Å².